The summed E-state index contributed by atoms with van der Waals surface area (Å²) in [5, 5.41) is 16.0. The molecule has 3 atom stereocenters. The minimum Gasteiger partial charge on any atom is -0.388 e. The van der Waals surface area contributed by atoms with Gasteiger partial charge in [-0.1, -0.05) is 19.8 Å². The number of hydrogen-bond acceptors (Lipinski definition) is 3. The van der Waals surface area contributed by atoms with Gasteiger partial charge in [-0.15, -0.1) is 0 Å². The molecule has 3 N–H and O–H groups in total. The fourth-order valence-electron chi connectivity index (χ4n) is 3.15. The van der Waals surface area contributed by atoms with E-state index in [2.05, 4.69) is 17.6 Å². The lowest BCUT2D eigenvalue weighted by atomic mass is 9.79. The van der Waals surface area contributed by atoms with Crippen LogP contribution in [0.4, 0.5) is 0 Å². The van der Waals surface area contributed by atoms with Crippen LogP contribution in [-0.4, -0.2) is 35.6 Å². The van der Waals surface area contributed by atoms with Crippen LogP contribution in [0.3, 0.4) is 0 Å². The van der Waals surface area contributed by atoms with Gasteiger partial charge < -0.3 is 15.7 Å². The molecule has 1 aliphatic carbocycles. The van der Waals surface area contributed by atoms with Gasteiger partial charge >= 0.3 is 0 Å². The van der Waals surface area contributed by atoms with Gasteiger partial charge in [-0.05, 0) is 25.2 Å². The number of rotatable bonds is 3. The molecule has 2 rings (SSSR count). The maximum atomic E-state index is 12.0. The highest BCUT2D eigenvalue weighted by Gasteiger charge is 2.34. The largest absolute Gasteiger partial charge is 0.388 e. The van der Waals surface area contributed by atoms with Gasteiger partial charge in [0, 0.05) is 19.5 Å². The molecule has 108 valence electrons. The van der Waals surface area contributed by atoms with Crippen molar-refractivity contribution in [2.45, 2.75) is 51.0 Å². The smallest absolute Gasteiger partial charge is 0.225 e. The van der Waals surface area contributed by atoms with E-state index in [1.807, 2.05) is 0 Å². The quantitative estimate of drug-likeness (QED) is 0.700. The third kappa shape index (κ3) is 3.93. The van der Waals surface area contributed by atoms with E-state index < -0.39 is 5.60 Å². The summed E-state index contributed by atoms with van der Waals surface area (Å²) in [5.41, 5.74) is -0.745. The van der Waals surface area contributed by atoms with Crippen LogP contribution in [0.5, 0.6) is 0 Å². The second kappa shape index (κ2) is 5.90. The zero-order chi connectivity index (χ0) is 13.9. The van der Waals surface area contributed by atoms with Crippen LogP contribution >= 0.6 is 0 Å². The normalized spacial score (nSPS) is 35.6. The van der Waals surface area contributed by atoms with Crippen LogP contribution < -0.4 is 10.6 Å². The van der Waals surface area contributed by atoms with Gasteiger partial charge in [-0.2, -0.15) is 0 Å². The Morgan fingerprint density at radius 1 is 1.53 bits per heavy atom. The molecular formula is C14H24N2O3. The lowest BCUT2D eigenvalue weighted by Gasteiger charge is -2.36. The maximum absolute atomic E-state index is 12.0. The molecular weight excluding hydrogens is 244 g/mol. The number of hydrogen-bond donors (Lipinski definition) is 3. The zero-order valence-corrected chi connectivity index (χ0v) is 11.6. The van der Waals surface area contributed by atoms with Gasteiger partial charge in [0.25, 0.3) is 0 Å². The molecule has 2 amide bonds. The second-order valence-electron chi connectivity index (χ2n) is 6.18. The van der Waals surface area contributed by atoms with Crippen molar-refractivity contribution in [1.29, 1.82) is 0 Å². The van der Waals surface area contributed by atoms with Gasteiger partial charge in [0.05, 0.1) is 11.5 Å². The van der Waals surface area contributed by atoms with E-state index in [9.17, 15) is 14.7 Å². The summed E-state index contributed by atoms with van der Waals surface area (Å²) in [7, 11) is 0. The molecule has 2 fully saturated rings. The molecule has 3 unspecified atom stereocenters. The molecule has 0 aromatic carbocycles. The van der Waals surface area contributed by atoms with Gasteiger partial charge in [-0.3, -0.25) is 9.59 Å². The van der Waals surface area contributed by atoms with E-state index in [0.717, 1.165) is 25.7 Å². The summed E-state index contributed by atoms with van der Waals surface area (Å²) in [5.74, 6) is 0.336. The molecule has 0 aromatic heterocycles. The Morgan fingerprint density at radius 3 is 2.95 bits per heavy atom. The molecule has 2 aliphatic rings. The first-order chi connectivity index (χ1) is 8.98. The molecule has 19 heavy (non-hydrogen) atoms. The number of piperidine rings is 1. The van der Waals surface area contributed by atoms with E-state index in [4.69, 9.17) is 0 Å². The summed E-state index contributed by atoms with van der Waals surface area (Å²) in [6.45, 7) is 2.89. The fraction of sp³-hybridized carbons (Fsp3) is 0.857. The lowest BCUT2D eigenvalue weighted by Crippen LogP contribution is -2.49. The monoisotopic (exact) mass is 268 g/mol. The van der Waals surface area contributed by atoms with Crippen LogP contribution in [-0.2, 0) is 9.59 Å². The summed E-state index contributed by atoms with van der Waals surface area (Å²) in [6.07, 6.45) is 4.72. The maximum Gasteiger partial charge on any atom is 0.225 e. The SMILES string of the molecule is CC1CCCC(O)(CNC(=O)C2CCC(=O)NC2)C1. The summed E-state index contributed by atoms with van der Waals surface area (Å²) in [6, 6.07) is 0. The van der Waals surface area contributed by atoms with Crippen molar-refractivity contribution in [2.24, 2.45) is 11.8 Å². The topological polar surface area (TPSA) is 78.4 Å². The molecule has 5 nitrogen and oxygen atoms in total. The zero-order valence-electron chi connectivity index (χ0n) is 11.6. The van der Waals surface area contributed by atoms with Crippen molar-refractivity contribution >= 4 is 11.8 Å². The van der Waals surface area contributed by atoms with Crippen LogP contribution in [0, 0.1) is 11.8 Å². The highest BCUT2D eigenvalue weighted by Crippen LogP contribution is 2.31. The van der Waals surface area contributed by atoms with Crippen molar-refractivity contribution in [3.05, 3.63) is 0 Å². The molecule has 1 saturated carbocycles. The first kappa shape index (κ1) is 14.3. The number of aliphatic hydroxyl groups is 1. The second-order valence-corrected chi connectivity index (χ2v) is 6.18. The standard InChI is InChI=1S/C14H24N2O3/c1-10-3-2-6-14(19,7-10)9-16-13(18)11-4-5-12(17)15-8-11/h10-11,19H,2-9H2,1H3,(H,15,17)(H,16,18). The summed E-state index contributed by atoms with van der Waals surface area (Å²) < 4.78 is 0. The van der Waals surface area contributed by atoms with E-state index in [1.165, 1.54) is 0 Å². The molecule has 5 heteroatoms. The minimum absolute atomic E-state index is 0.0174. The summed E-state index contributed by atoms with van der Waals surface area (Å²) in [4.78, 5) is 23.0. The number of carbonyl (C=O) groups excluding carboxylic acids is 2. The Morgan fingerprint density at radius 2 is 2.32 bits per heavy atom. The first-order valence-electron chi connectivity index (χ1n) is 7.25. The molecule has 0 radical (unpaired) electrons. The van der Waals surface area contributed by atoms with E-state index in [0.29, 0.717) is 31.8 Å². The van der Waals surface area contributed by atoms with Crippen LogP contribution in [0.15, 0.2) is 0 Å². The van der Waals surface area contributed by atoms with Gasteiger partial charge in [0.1, 0.15) is 0 Å². The van der Waals surface area contributed by atoms with Crippen molar-refractivity contribution in [2.75, 3.05) is 13.1 Å². The van der Waals surface area contributed by atoms with Crippen molar-refractivity contribution in [3.8, 4) is 0 Å². The Kier molecular flexibility index (Phi) is 4.45. The average Bonchev–Trinajstić information content (AvgIpc) is 2.37. The van der Waals surface area contributed by atoms with Gasteiger partial charge in [0.15, 0.2) is 0 Å². The molecule has 0 spiro atoms. The van der Waals surface area contributed by atoms with Crippen molar-refractivity contribution < 1.29 is 14.7 Å². The molecule has 0 bridgehead atoms. The Hall–Kier alpha value is -1.10. The molecule has 0 aromatic rings. The van der Waals surface area contributed by atoms with Crippen molar-refractivity contribution in [1.82, 2.24) is 10.6 Å². The lowest BCUT2D eigenvalue weighted by molar-refractivity contribution is -0.130. The molecule has 1 saturated heterocycles. The predicted molar refractivity (Wildman–Crippen MR) is 71.3 cm³/mol. The summed E-state index contributed by atoms with van der Waals surface area (Å²) >= 11 is 0. The third-order valence-corrected chi connectivity index (χ3v) is 4.30. The van der Waals surface area contributed by atoms with Crippen molar-refractivity contribution in [3.63, 3.8) is 0 Å². The molecule has 1 heterocycles. The van der Waals surface area contributed by atoms with Gasteiger partial charge in [0.2, 0.25) is 11.8 Å². The predicted octanol–water partition coefficient (Wildman–Crippen LogP) is 0.570. The van der Waals surface area contributed by atoms with Crippen LogP contribution in [0.1, 0.15) is 45.4 Å². The number of carbonyl (C=O) groups is 2. The van der Waals surface area contributed by atoms with Crippen LogP contribution in [0.25, 0.3) is 0 Å². The molecule has 1 aliphatic heterocycles. The number of amides is 2. The first-order valence-corrected chi connectivity index (χ1v) is 7.25. The van der Waals surface area contributed by atoms with E-state index in [-0.39, 0.29) is 17.7 Å². The van der Waals surface area contributed by atoms with E-state index in [1.54, 1.807) is 0 Å². The third-order valence-electron chi connectivity index (χ3n) is 4.30. The number of nitrogens with one attached hydrogen (secondary N) is 2. The Labute approximate surface area is 114 Å². The highest BCUT2D eigenvalue weighted by molar-refractivity contribution is 5.83. The van der Waals surface area contributed by atoms with Gasteiger partial charge in [-0.25, -0.2) is 0 Å². The van der Waals surface area contributed by atoms with E-state index >= 15 is 0 Å². The average molecular weight is 268 g/mol. The Balaban J connectivity index is 1.78. The fourth-order valence-corrected chi connectivity index (χ4v) is 3.15. The Bertz CT molecular complexity index is 349. The highest BCUT2D eigenvalue weighted by atomic mass is 16.3. The minimum atomic E-state index is -0.745. The van der Waals surface area contributed by atoms with Crippen LogP contribution in [0.2, 0.25) is 0 Å².